The van der Waals surface area contributed by atoms with Crippen molar-refractivity contribution in [3.8, 4) is 11.5 Å². The molecular weight excluding hydrogens is 406 g/mol. The summed E-state index contributed by atoms with van der Waals surface area (Å²) < 4.78 is 6.69. The monoisotopic (exact) mass is 425 g/mol. The van der Waals surface area contributed by atoms with Crippen LogP contribution in [0, 0.1) is 0 Å². The fourth-order valence-electron chi connectivity index (χ4n) is 2.65. The molecule has 0 radical (unpaired) electrons. The summed E-state index contributed by atoms with van der Waals surface area (Å²) in [6, 6.07) is 17.6. The number of aliphatic hydroxyl groups is 1. The molecule has 0 unspecified atom stereocenters. The molecule has 7 nitrogen and oxygen atoms in total. The Balaban J connectivity index is 1.50. The number of rotatable bonds is 8. The molecule has 0 aliphatic rings. The van der Waals surface area contributed by atoms with Crippen LogP contribution in [-0.4, -0.2) is 33.2 Å². The molecule has 4 N–H and O–H groups in total. The summed E-state index contributed by atoms with van der Waals surface area (Å²) in [5, 5.41) is 13.2. The van der Waals surface area contributed by atoms with Crippen LogP contribution in [0.3, 0.4) is 0 Å². The average molecular weight is 426 g/mol. The first kappa shape index (κ1) is 19.4. The van der Waals surface area contributed by atoms with Crippen molar-refractivity contribution in [2.24, 2.45) is 0 Å². The van der Waals surface area contributed by atoms with Crippen molar-refractivity contribution in [2.75, 3.05) is 24.2 Å². The number of fused-ring (bicyclic) bond motifs is 1. The number of nitrogen functional groups attached to an aromatic ring is 1. The Kier molecular flexibility index (Phi) is 6.09. The van der Waals surface area contributed by atoms with Gasteiger partial charge in [-0.3, -0.25) is 0 Å². The predicted octanol–water partition coefficient (Wildman–Crippen LogP) is 4.16. The Hall–Kier alpha value is -2.88. The topological polar surface area (TPSA) is 106 Å². The summed E-state index contributed by atoms with van der Waals surface area (Å²) >= 11 is 2.83. The zero-order valence-electron chi connectivity index (χ0n) is 15.4. The highest BCUT2D eigenvalue weighted by Gasteiger charge is 2.13. The lowest BCUT2D eigenvalue weighted by Crippen LogP contribution is -2.08. The molecule has 0 saturated carbocycles. The van der Waals surface area contributed by atoms with Gasteiger partial charge in [-0.15, -0.1) is 0 Å². The minimum atomic E-state index is 0.0104. The molecule has 0 atom stereocenters. The van der Waals surface area contributed by atoms with Crippen molar-refractivity contribution in [1.82, 2.24) is 15.0 Å². The van der Waals surface area contributed by atoms with Gasteiger partial charge < -0.3 is 20.9 Å². The van der Waals surface area contributed by atoms with Crippen LogP contribution in [0.1, 0.15) is 5.56 Å². The third-order valence-electron chi connectivity index (χ3n) is 3.90. The minimum Gasteiger partial charge on any atom is -0.457 e. The van der Waals surface area contributed by atoms with E-state index in [9.17, 15) is 0 Å². The minimum absolute atomic E-state index is 0.0104. The second kappa shape index (κ2) is 9.08. The number of thioether (sulfide) groups is 1. The summed E-state index contributed by atoms with van der Waals surface area (Å²) in [6.07, 6.45) is 0. The van der Waals surface area contributed by atoms with Crippen molar-refractivity contribution in [3.63, 3.8) is 0 Å². The summed E-state index contributed by atoms with van der Waals surface area (Å²) in [6.45, 7) is 0.406. The van der Waals surface area contributed by atoms with Gasteiger partial charge in [-0.05, 0) is 29.8 Å². The number of aromatic nitrogens is 3. The first-order valence-electron chi connectivity index (χ1n) is 8.94. The van der Waals surface area contributed by atoms with Gasteiger partial charge in [-0.1, -0.05) is 53.4 Å². The van der Waals surface area contributed by atoms with Crippen LogP contribution in [0.15, 0.2) is 59.8 Å². The summed E-state index contributed by atoms with van der Waals surface area (Å²) in [7, 11) is 0. The normalized spacial score (nSPS) is 10.9. The molecule has 29 heavy (non-hydrogen) atoms. The van der Waals surface area contributed by atoms with Gasteiger partial charge in [0.2, 0.25) is 0 Å². The van der Waals surface area contributed by atoms with E-state index >= 15 is 0 Å². The van der Waals surface area contributed by atoms with E-state index in [1.807, 2.05) is 54.6 Å². The number of para-hydroxylation sites is 1. The van der Waals surface area contributed by atoms with Crippen LogP contribution >= 0.6 is 23.1 Å². The highest BCUT2D eigenvalue weighted by atomic mass is 32.2. The number of nitrogens with zero attached hydrogens (tertiary/aromatic N) is 3. The van der Waals surface area contributed by atoms with Crippen molar-refractivity contribution in [2.45, 2.75) is 10.9 Å². The number of ether oxygens (including phenoxy) is 1. The van der Waals surface area contributed by atoms with Crippen molar-refractivity contribution in [1.29, 1.82) is 0 Å². The van der Waals surface area contributed by atoms with Crippen LogP contribution < -0.4 is 15.8 Å². The zero-order chi connectivity index (χ0) is 20.1. The highest BCUT2D eigenvalue weighted by molar-refractivity contribution is 7.98. The second-order valence-corrected chi connectivity index (χ2v) is 8.03. The van der Waals surface area contributed by atoms with Crippen LogP contribution in [0.25, 0.3) is 10.3 Å². The Labute approximate surface area is 176 Å². The molecule has 0 aliphatic heterocycles. The number of thiazole rings is 1. The first-order chi connectivity index (χ1) is 14.2. The van der Waals surface area contributed by atoms with Gasteiger partial charge in [0.25, 0.3) is 0 Å². The van der Waals surface area contributed by atoms with Gasteiger partial charge in [0.1, 0.15) is 16.2 Å². The largest absolute Gasteiger partial charge is 0.457 e. The van der Waals surface area contributed by atoms with Crippen LogP contribution in [-0.2, 0) is 5.75 Å². The second-order valence-electron chi connectivity index (χ2n) is 6.06. The Morgan fingerprint density at radius 3 is 2.69 bits per heavy atom. The number of hydrogen-bond donors (Lipinski definition) is 3. The quantitative estimate of drug-likeness (QED) is 0.285. The summed E-state index contributed by atoms with van der Waals surface area (Å²) in [5.74, 6) is 2.90. The zero-order valence-corrected chi connectivity index (χ0v) is 17.0. The molecule has 2 aromatic heterocycles. The van der Waals surface area contributed by atoms with Gasteiger partial charge in [-0.25, -0.2) is 15.0 Å². The molecule has 4 aromatic rings. The predicted molar refractivity (Wildman–Crippen MR) is 118 cm³/mol. The SMILES string of the molecule is Nc1nc2nc(SCc3cccc(Oc4ccccc4)c3)nc(NCCO)c2s1. The van der Waals surface area contributed by atoms with E-state index in [1.165, 1.54) is 23.1 Å². The molecule has 4 rings (SSSR count). The maximum absolute atomic E-state index is 9.10. The third-order valence-corrected chi connectivity index (χ3v) is 5.70. The summed E-state index contributed by atoms with van der Waals surface area (Å²) in [4.78, 5) is 13.3. The van der Waals surface area contributed by atoms with E-state index in [2.05, 4.69) is 20.3 Å². The third kappa shape index (κ3) is 4.94. The number of aliphatic hydroxyl groups excluding tert-OH is 1. The smallest absolute Gasteiger partial charge is 0.191 e. The molecule has 0 amide bonds. The van der Waals surface area contributed by atoms with Gasteiger partial charge in [0, 0.05) is 12.3 Å². The van der Waals surface area contributed by atoms with E-state index in [0.717, 1.165) is 21.8 Å². The molecule has 0 aliphatic carbocycles. The highest BCUT2D eigenvalue weighted by Crippen LogP contribution is 2.32. The number of hydrogen-bond acceptors (Lipinski definition) is 9. The molecule has 0 bridgehead atoms. The standard InChI is InChI=1S/C20H19N5O2S2/c21-19-23-18-16(29-19)17(22-9-10-26)24-20(25-18)28-12-13-5-4-8-15(11-13)27-14-6-2-1-3-7-14/h1-8,11,26H,9-10,12H2,(H3,21,22,23,24,25). The number of nitrogens with one attached hydrogen (secondary N) is 1. The lowest BCUT2D eigenvalue weighted by Gasteiger charge is -2.08. The van der Waals surface area contributed by atoms with Gasteiger partial charge in [0.05, 0.1) is 6.61 Å². The van der Waals surface area contributed by atoms with Crippen LogP contribution in [0.2, 0.25) is 0 Å². The van der Waals surface area contributed by atoms with E-state index in [-0.39, 0.29) is 6.61 Å². The maximum Gasteiger partial charge on any atom is 0.191 e. The molecular formula is C20H19N5O2S2. The summed E-state index contributed by atoms with van der Waals surface area (Å²) in [5.41, 5.74) is 7.48. The van der Waals surface area contributed by atoms with Crippen LogP contribution in [0.5, 0.6) is 11.5 Å². The fourth-order valence-corrected chi connectivity index (χ4v) is 4.17. The molecule has 0 fully saturated rings. The van der Waals surface area contributed by atoms with E-state index in [0.29, 0.717) is 34.1 Å². The Bertz CT molecular complexity index is 1100. The lowest BCUT2D eigenvalue weighted by atomic mass is 10.2. The van der Waals surface area contributed by atoms with E-state index in [1.54, 1.807) is 0 Å². The van der Waals surface area contributed by atoms with E-state index in [4.69, 9.17) is 15.6 Å². The molecule has 0 saturated heterocycles. The van der Waals surface area contributed by atoms with Gasteiger partial charge in [0.15, 0.2) is 21.8 Å². The molecule has 2 aromatic carbocycles. The molecule has 2 heterocycles. The number of nitrogens with two attached hydrogens (primary N) is 1. The maximum atomic E-state index is 9.10. The molecule has 0 spiro atoms. The van der Waals surface area contributed by atoms with E-state index < -0.39 is 0 Å². The molecule has 148 valence electrons. The first-order valence-corrected chi connectivity index (χ1v) is 10.7. The van der Waals surface area contributed by atoms with Gasteiger partial charge >= 0.3 is 0 Å². The van der Waals surface area contributed by atoms with Crippen LogP contribution in [0.4, 0.5) is 10.9 Å². The van der Waals surface area contributed by atoms with Gasteiger partial charge in [-0.2, -0.15) is 0 Å². The van der Waals surface area contributed by atoms with Crippen molar-refractivity contribution in [3.05, 3.63) is 60.2 Å². The Morgan fingerprint density at radius 1 is 1.03 bits per heavy atom. The fraction of sp³-hybridized carbons (Fsp3) is 0.150. The van der Waals surface area contributed by atoms with Crippen molar-refractivity contribution >= 4 is 44.4 Å². The number of benzene rings is 2. The average Bonchev–Trinajstić information content (AvgIpc) is 3.12. The van der Waals surface area contributed by atoms with Crippen molar-refractivity contribution < 1.29 is 9.84 Å². The number of anilines is 2. The lowest BCUT2D eigenvalue weighted by molar-refractivity contribution is 0.311. The Morgan fingerprint density at radius 2 is 1.86 bits per heavy atom. The molecule has 9 heteroatoms.